The van der Waals surface area contributed by atoms with Gasteiger partial charge in [0, 0.05) is 10.8 Å². The van der Waals surface area contributed by atoms with E-state index in [1.165, 1.54) is 11.1 Å². The lowest BCUT2D eigenvalue weighted by Crippen LogP contribution is -2.03. The van der Waals surface area contributed by atoms with Crippen molar-refractivity contribution in [3.05, 3.63) is 69.9 Å². The molecule has 28 heavy (non-hydrogen) atoms. The lowest BCUT2D eigenvalue weighted by atomic mass is 10.0. The third kappa shape index (κ3) is 3.36. The van der Waals surface area contributed by atoms with Crippen molar-refractivity contribution in [2.45, 2.75) is 19.9 Å². The summed E-state index contributed by atoms with van der Waals surface area (Å²) in [6.45, 7) is 2.95. The van der Waals surface area contributed by atoms with Crippen LogP contribution < -0.4 is 14.8 Å². The van der Waals surface area contributed by atoms with E-state index >= 15 is 0 Å². The molecule has 1 aliphatic heterocycles. The largest absolute Gasteiger partial charge is 0.454 e. The minimum Gasteiger partial charge on any atom is -0.454 e. The number of ether oxygens (including phenoxy) is 2. The normalized spacial score (nSPS) is 12.5. The second-order valence-electron chi connectivity index (χ2n) is 6.65. The van der Waals surface area contributed by atoms with E-state index in [0.717, 1.165) is 45.3 Å². The highest BCUT2D eigenvalue weighted by Gasteiger charge is 2.13. The average Bonchev–Trinajstić information content (AvgIpc) is 3.34. The molecule has 0 radical (unpaired) electrons. The number of nitrogens with one attached hydrogen (secondary N) is 1. The highest BCUT2D eigenvalue weighted by molar-refractivity contribution is 7.09. The number of aryl methyl sites for hydroxylation is 1. The van der Waals surface area contributed by atoms with E-state index in [1.54, 1.807) is 17.7 Å². The predicted octanol–water partition coefficient (Wildman–Crippen LogP) is 4.33. The SMILES string of the molecule is Cc1nc(CNc2ncnc3cc(Cc4ccc5c(c4)OCO5)ccc23)cs1. The maximum atomic E-state index is 5.47. The van der Waals surface area contributed by atoms with Crippen LogP contribution in [0, 0.1) is 6.92 Å². The molecule has 0 bridgehead atoms. The smallest absolute Gasteiger partial charge is 0.231 e. The zero-order valence-corrected chi connectivity index (χ0v) is 16.1. The Hall–Kier alpha value is -3.19. The molecule has 6 nitrogen and oxygen atoms in total. The zero-order chi connectivity index (χ0) is 18.9. The summed E-state index contributed by atoms with van der Waals surface area (Å²) in [6, 6.07) is 12.4. The van der Waals surface area contributed by atoms with Crippen molar-refractivity contribution in [3.8, 4) is 11.5 Å². The van der Waals surface area contributed by atoms with Gasteiger partial charge in [0.05, 0.1) is 22.8 Å². The molecule has 0 saturated carbocycles. The summed E-state index contributed by atoms with van der Waals surface area (Å²) in [7, 11) is 0. The molecule has 0 amide bonds. The van der Waals surface area contributed by atoms with Gasteiger partial charge in [-0.15, -0.1) is 11.3 Å². The van der Waals surface area contributed by atoms with E-state index in [9.17, 15) is 0 Å². The molecule has 0 spiro atoms. The summed E-state index contributed by atoms with van der Waals surface area (Å²) in [5, 5.41) is 7.51. The molecular weight excluding hydrogens is 372 g/mol. The van der Waals surface area contributed by atoms with E-state index in [0.29, 0.717) is 13.3 Å². The van der Waals surface area contributed by atoms with Crippen LogP contribution >= 0.6 is 11.3 Å². The predicted molar refractivity (Wildman–Crippen MR) is 109 cm³/mol. The topological polar surface area (TPSA) is 69.2 Å². The highest BCUT2D eigenvalue weighted by atomic mass is 32.1. The molecule has 0 fully saturated rings. The maximum Gasteiger partial charge on any atom is 0.231 e. The Balaban J connectivity index is 1.37. The van der Waals surface area contributed by atoms with E-state index in [1.807, 2.05) is 19.1 Å². The Morgan fingerprint density at radius 2 is 1.89 bits per heavy atom. The fourth-order valence-corrected chi connectivity index (χ4v) is 3.92. The summed E-state index contributed by atoms with van der Waals surface area (Å²) >= 11 is 1.65. The lowest BCUT2D eigenvalue weighted by molar-refractivity contribution is 0.174. The molecule has 0 unspecified atom stereocenters. The van der Waals surface area contributed by atoms with Crippen molar-refractivity contribution in [1.29, 1.82) is 0 Å². The second-order valence-corrected chi connectivity index (χ2v) is 7.71. The molecular formula is C21H18N4O2S. The summed E-state index contributed by atoms with van der Waals surface area (Å²) in [6.07, 6.45) is 2.40. The fourth-order valence-electron chi connectivity index (χ4n) is 3.30. The Kier molecular flexibility index (Phi) is 4.29. The summed E-state index contributed by atoms with van der Waals surface area (Å²) < 4.78 is 10.9. The minimum atomic E-state index is 0.294. The summed E-state index contributed by atoms with van der Waals surface area (Å²) in [5.41, 5.74) is 4.31. The third-order valence-electron chi connectivity index (χ3n) is 4.65. The number of hydrogen-bond donors (Lipinski definition) is 1. The van der Waals surface area contributed by atoms with Crippen molar-refractivity contribution in [1.82, 2.24) is 15.0 Å². The average molecular weight is 390 g/mol. The van der Waals surface area contributed by atoms with Crippen molar-refractivity contribution in [2.75, 3.05) is 12.1 Å². The first kappa shape index (κ1) is 16.9. The first-order chi connectivity index (χ1) is 13.7. The Morgan fingerprint density at radius 3 is 2.79 bits per heavy atom. The van der Waals surface area contributed by atoms with E-state index < -0.39 is 0 Å². The quantitative estimate of drug-likeness (QED) is 0.547. The van der Waals surface area contributed by atoms with Gasteiger partial charge < -0.3 is 14.8 Å². The van der Waals surface area contributed by atoms with E-state index in [4.69, 9.17) is 9.47 Å². The number of benzene rings is 2. The van der Waals surface area contributed by atoms with Gasteiger partial charge in [-0.3, -0.25) is 0 Å². The molecule has 0 aliphatic carbocycles. The molecule has 0 atom stereocenters. The molecule has 2 aromatic carbocycles. The van der Waals surface area contributed by atoms with Gasteiger partial charge in [0.25, 0.3) is 0 Å². The molecule has 0 saturated heterocycles. The third-order valence-corrected chi connectivity index (χ3v) is 5.47. The minimum absolute atomic E-state index is 0.294. The van der Waals surface area contributed by atoms with Crippen molar-refractivity contribution in [2.24, 2.45) is 0 Å². The molecule has 5 rings (SSSR count). The number of fused-ring (bicyclic) bond motifs is 2. The number of thiazole rings is 1. The monoisotopic (exact) mass is 390 g/mol. The summed E-state index contributed by atoms with van der Waals surface area (Å²) in [5.74, 6) is 2.44. The summed E-state index contributed by atoms with van der Waals surface area (Å²) in [4.78, 5) is 13.3. The fraction of sp³-hybridized carbons (Fsp3) is 0.190. The number of anilines is 1. The van der Waals surface area contributed by atoms with E-state index in [-0.39, 0.29) is 0 Å². The molecule has 140 valence electrons. The van der Waals surface area contributed by atoms with Crippen LogP contribution in [0.3, 0.4) is 0 Å². The van der Waals surface area contributed by atoms with Crippen molar-refractivity contribution in [3.63, 3.8) is 0 Å². The Labute approximate surface area is 166 Å². The van der Waals surface area contributed by atoms with Crippen molar-refractivity contribution < 1.29 is 9.47 Å². The molecule has 4 aromatic rings. The van der Waals surface area contributed by atoms with Gasteiger partial charge in [-0.25, -0.2) is 15.0 Å². The van der Waals surface area contributed by atoms with E-state index in [2.05, 4.69) is 49.9 Å². The Morgan fingerprint density at radius 1 is 1.04 bits per heavy atom. The molecule has 1 N–H and O–H groups in total. The van der Waals surface area contributed by atoms with Crippen LogP contribution in [-0.2, 0) is 13.0 Å². The van der Waals surface area contributed by atoms with Crippen LogP contribution in [0.15, 0.2) is 48.1 Å². The molecule has 3 heterocycles. The van der Waals surface area contributed by atoms with Crippen LogP contribution in [0.25, 0.3) is 10.9 Å². The molecule has 7 heteroatoms. The first-order valence-electron chi connectivity index (χ1n) is 9.02. The standard InChI is InChI=1S/C21H18N4O2S/c1-13-25-16(10-28-13)9-22-21-17-4-2-14(7-18(17)23-11-24-21)6-15-3-5-19-20(8-15)27-12-26-19/h2-5,7-8,10-11H,6,9,12H2,1H3,(H,22,23,24). The zero-order valence-electron chi connectivity index (χ0n) is 15.3. The number of nitrogens with zero attached hydrogens (tertiary/aromatic N) is 3. The maximum absolute atomic E-state index is 5.47. The van der Waals surface area contributed by atoms with Gasteiger partial charge in [0.2, 0.25) is 6.79 Å². The number of hydrogen-bond acceptors (Lipinski definition) is 7. The van der Waals surface area contributed by atoms with Gasteiger partial charge in [0.15, 0.2) is 11.5 Å². The van der Waals surface area contributed by atoms with Crippen LogP contribution in [-0.4, -0.2) is 21.7 Å². The van der Waals surface area contributed by atoms with Crippen LogP contribution in [0.1, 0.15) is 21.8 Å². The van der Waals surface area contributed by atoms with Gasteiger partial charge in [-0.05, 0) is 48.7 Å². The van der Waals surface area contributed by atoms with Gasteiger partial charge in [-0.2, -0.15) is 0 Å². The number of rotatable bonds is 5. The molecule has 1 aliphatic rings. The van der Waals surface area contributed by atoms with Crippen LogP contribution in [0.4, 0.5) is 5.82 Å². The van der Waals surface area contributed by atoms with Gasteiger partial charge in [0.1, 0.15) is 12.1 Å². The van der Waals surface area contributed by atoms with Crippen LogP contribution in [0.5, 0.6) is 11.5 Å². The molecule has 2 aromatic heterocycles. The van der Waals surface area contributed by atoms with Gasteiger partial charge in [-0.1, -0.05) is 12.1 Å². The second kappa shape index (κ2) is 7.09. The highest BCUT2D eigenvalue weighted by Crippen LogP contribution is 2.33. The lowest BCUT2D eigenvalue weighted by Gasteiger charge is -2.09. The van der Waals surface area contributed by atoms with Crippen molar-refractivity contribution >= 4 is 28.1 Å². The first-order valence-corrected chi connectivity index (χ1v) is 9.89. The van der Waals surface area contributed by atoms with Crippen LogP contribution in [0.2, 0.25) is 0 Å². The van der Waals surface area contributed by atoms with Gasteiger partial charge >= 0.3 is 0 Å². The Bertz CT molecular complexity index is 1160. The number of aromatic nitrogens is 3.